The van der Waals surface area contributed by atoms with Gasteiger partial charge in [0, 0.05) is 0 Å². The number of hydrogen-bond acceptors (Lipinski definition) is 5. The summed E-state index contributed by atoms with van der Waals surface area (Å²) in [5.74, 6) is -0.785. The molecule has 144 valence electrons. The number of methoxy groups -OCH3 is 1. The Hall–Kier alpha value is -3.11. The number of ether oxygens (including phenoxy) is 1. The lowest BCUT2D eigenvalue weighted by Gasteiger charge is -2.26. The van der Waals surface area contributed by atoms with E-state index in [4.69, 9.17) is 13.8 Å². The fraction of sp³-hybridized carbons (Fsp3) is 0.0952. The molecule has 0 aromatic heterocycles. The molecule has 0 saturated heterocycles. The SMILES string of the molecule is COC(=O)C(c1ccc(F)cc1)P(=O)(Oc1ccccc1)Oc1ccccc1. The Kier molecular flexibility index (Phi) is 6.12. The van der Waals surface area contributed by atoms with E-state index in [0.717, 1.165) is 0 Å². The topological polar surface area (TPSA) is 61.8 Å². The molecule has 0 saturated carbocycles. The minimum atomic E-state index is -4.18. The van der Waals surface area contributed by atoms with Crippen molar-refractivity contribution in [1.82, 2.24) is 0 Å². The van der Waals surface area contributed by atoms with Crippen molar-refractivity contribution in [1.29, 1.82) is 0 Å². The smallest absolute Gasteiger partial charge is 0.449 e. The van der Waals surface area contributed by atoms with Crippen LogP contribution in [-0.2, 0) is 14.1 Å². The van der Waals surface area contributed by atoms with Gasteiger partial charge in [0.2, 0.25) is 5.66 Å². The van der Waals surface area contributed by atoms with E-state index in [0.29, 0.717) is 0 Å². The van der Waals surface area contributed by atoms with Crippen LogP contribution in [0.5, 0.6) is 11.5 Å². The molecule has 0 fully saturated rings. The molecule has 3 aromatic carbocycles. The third-order valence-electron chi connectivity index (χ3n) is 3.88. The molecule has 0 heterocycles. The van der Waals surface area contributed by atoms with Crippen LogP contribution in [0, 0.1) is 5.82 Å². The molecule has 3 aromatic rings. The van der Waals surface area contributed by atoms with E-state index in [-0.39, 0.29) is 17.1 Å². The molecule has 0 spiro atoms. The number of benzene rings is 3. The van der Waals surface area contributed by atoms with Crippen molar-refractivity contribution in [3.8, 4) is 11.5 Å². The Bertz CT molecular complexity index is 916. The van der Waals surface area contributed by atoms with Gasteiger partial charge in [0.15, 0.2) is 0 Å². The minimum absolute atomic E-state index is 0.253. The van der Waals surface area contributed by atoms with Crippen LogP contribution in [0.15, 0.2) is 84.9 Å². The number of hydrogen-bond donors (Lipinski definition) is 0. The van der Waals surface area contributed by atoms with E-state index >= 15 is 0 Å². The minimum Gasteiger partial charge on any atom is -0.468 e. The average Bonchev–Trinajstić information content (AvgIpc) is 2.71. The van der Waals surface area contributed by atoms with Crippen molar-refractivity contribution in [3.63, 3.8) is 0 Å². The van der Waals surface area contributed by atoms with E-state index in [9.17, 15) is 13.8 Å². The molecule has 0 amide bonds. The molecule has 0 bridgehead atoms. The lowest BCUT2D eigenvalue weighted by molar-refractivity contribution is -0.140. The standard InChI is InChI=1S/C21H18FO5P/c1-25-21(23)20(16-12-14-17(22)15-13-16)28(24,26-18-8-4-2-5-9-18)27-19-10-6-3-7-11-19/h2-15,20H,1H3. The highest BCUT2D eigenvalue weighted by Gasteiger charge is 2.46. The Morgan fingerprint density at radius 3 is 1.71 bits per heavy atom. The highest BCUT2D eigenvalue weighted by Crippen LogP contribution is 2.60. The van der Waals surface area contributed by atoms with Gasteiger partial charge in [-0.15, -0.1) is 0 Å². The van der Waals surface area contributed by atoms with E-state index < -0.39 is 25.0 Å². The predicted octanol–water partition coefficient (Wildman–Crippen LogP) is 5.39. The van der Waals surface area contributed by atoms with Crippen LogP contribution in [0.1, 0.15) is 11.2 Å². The third-order valence-corrected chi connectivity index (χ3v) is 5.95. The number of esters is 1. The van der Waals surface area contributed by atoms with Crippen molar-refractivity contribution in [2.75, 3.05) is 7.11 Å². The molecule has 0 radical (unpaired) electrons. The maximum atomic E-state index is 13.9. The number of carbonyl (C=O) groups excluding carboxylic acids is 1. The summed E-state index contributed by atoms with van der Waals surface area (Å²) in [5.41, 5.74) is -1.15. The molecule has 0 aliphatic rings. The monoisotopic (exact) mass is 400 g/mol. The van der Waals surface area contributed by atoms with Crippen molar-refractivity contribution >= 4 is 13.6 Å². The predicted molar refractivity (Wildman–Crippen MR) is 103 cm³/mol. The average molecular weight is 400 g/mol. The lowest BCUT2D eigenvalue weighted by atomic mass is 10.1. The highest BCUT2D eigenvalue weighted by atomic mass is 31.2. The second-order valence-corrected chi connectivity index (χ2v) is 7.79. The molecular weight excluding hydrogens is 382 g/mol. The quantitative estimate of drug-likeness (QED) is 0.393. The zero-order valence-corrected chi connectivity index (χ0v) is 15.9. The highest BCUT2D eigenvalue weighted by molar-refractivity contribution is 7.56. The summed E-state index contributed by atoms with van der Waals surface area (Å²) in [4.78, 5) is 12.6. The third kappa shape index (κ3) is 4.59. The summed E-state index contributed by atoms with van der Waals surface area (Å²) >= 11 is 0. The molecular formula is C21H18FO5P. The molecule has 0 aliphatic carbocycles. The van der Waals surface area contributed by atoms with Gasteiger partial charge in [-0.25, -0.2) is 8.96 Å². The molecule has 5 nitrogen and oxygen atoms in total. The number of halogens is 1. The molecule has 28 heavy (non-hydrogen) atoms. The van der Waals surface area contributed by atoms with Crippen molar-refractivity contribution in [2.24, 2.45) is 0 Å². The second-order valence-electron chi connectivity index (χ2n) is 5.83. The van der Waals surface area contributed by atoms with Crippen molar-refractivity contribution in [2.45, 2.75) is 5.66 Å². The van der Waals surface area contributed by atoms with Gasteiger partial charge < -0.3 is 13.8 Å². The van der Waals surface area contributed by atoms with Crippen LogP contribution in [-0.4, -0.2) is 13.1 Å². The van der Waals surface area contributed by atoms with Gasteiger partial charge in [0.1, 0.15) is 17.3 Å². The number of para-hydroxylation sites is 2. The molecule has 0 N–H and O–H groups in total. The first-order chi connectivity index (χ1) is 13.5. The van der Waals surface area contributed by atoms with Gasteiger partial charge in [-0.05, 0) is 42.0 Å². The first-order valence-electron chi connectivity index (χ1n) is 8.44. The Morgan fingerprint density at radius 1 is 0.821 bits per heavy atom. The van der Waals surface area contributed by atoms with Gasteiger partial charge in [-0.2, -0.15) is 0 Å². The molecule has 3 rings (SSSR count). The van der Waals surface area contributed by atoms with Crippen LogP contribution in [0.2, 0.25) is 0 Å². The first kappa shape index (κ1) is 19.6. The van der Waals surface area contributed by atoms with Crippen molar-refractivity contribution < 1.29 is 27.5 Å². The first-order valence-corrected chi connectivity index (χ1v) is 10.1. The summed E-state index contributed by atoms with van der Waals surface area (Å²) in [5, 5.41) is 0. The van der Waals surface area contributed by atoms with Crippen molar-refractivity contribution in [3.05, 3.63) is 96.3 Å². The molecule has 1 atom stereocenters. The van der Waals surface area contributed by atoms with E-state index in [1.165, 1.54) is 31.4 Å². The second kappa shape index (κ2) is 8.72. The summed E-state index contributed by atoms with van der Waals surface area (Å²) in [6, 6.07) is 21.8. The Balaban J connectivity index is 2.09. The fourth-order valence-corrected chi connectivity index (χ4v) is 4.57. The van der Waals surface area contributed by atoms with Crippen LogP contribution in [0.3, 0.4) is 0 Å². The van der Waals surface area contributed by atoms with E-state index in [1.807, 2.05) is 0 Å². The van der Waals surface area contributed by atoms with Gasteiger partial charge in [-0.1, -0.05) is 48.5 Å². The Morgan fingerprint density at radius 2 is 1.29 bits per heavy atom. The zero-order valence-electron chi connectivity index (χ0n) is 15.0. The Labute approximate surface area is 162 Å². The maximum absolute atomic E-state index is 13.9. The molecule has 7 heteroatoms. The lowest BCUT2D eigenvalue weighted by Crippen LogP contribution is -2.20. The van der Waals surface area contributed by atoms with Gasteiger partial charge >= 0.3 is 13.6 Å². The van der Waals surface area contributed by atoms with E-state index in [1.54, 1.807) is 60.7 Å². The molecule has 1 unspecified atom stereocenters. The van der Waals surface area contributed by atoms with Gasteiger partial charge in [-0.3, -0.25) is 4.79 Å². The zero-order chi connectivity index (χ0) is 20.0. The van der Waals surface area contributed by atoms with Gasteiger partial charge in [0.25, 0.3) is 0 Å². The van der Waals surface area contributed by atoms with E-state index in [2.05, 4.69) is 0 Å². The van der Waals surface area contributed by atoms with Crippen LogP contribution in [0.25, 0.3) is 0 Å². The summed E-state index contributed by atoms with van der Waals surface area (Å²) < 4.78 is 43.6. The summed E-state index contributed by atoms with van der Waals surface area (Å²) in [6.07, 6.45) is 0. The summed E-state index contributed by atoms with van der Waals surface area (Å²) in [7, 11) is -3.01. The van der Waals surface area contributed by atoms with Crippen LogP contribution in [0.4, 0.5) is 4.39 Å². The largest absolute Gasteiger partial charge is 0.468 e. The normalized spacial score (nSPS) is 12.1. The summed E-state index contributed by atoms with van der Waals surface area (Å²) in [6.45, 7) is 0. The number of carbonyl (C=O) groups is 1. The van der Waals surface area contributed by atoms with Gasteiger partial charge in [0.05, 0.1) is 7.11 Å². The van der Waals surface area contributed by atoms with Crippen LogP contribution >= 0.6 is 7.60 Å². The fourth-order valence-electron chi connectivity index (χ4n) is 2.59. The number of rotatable bonds is 7. The molecule has 0 aliphatic heterocycles. The van der Waals surface area contributed by atoms with Crippen LogP contribution < -0.4 is 9.05 Å². The maximum Gasteiger partial charge on any atom is 0.449 e.